The van der Waals surface area contributed by atoms with E-state index in [9.17, 15) is 0 Å². The summed E-state index contributed by atoms with van der Waals surface area (Å²) in [5, 5.41) is 0. The molecule has 0 spiro atoms. The summed E-state index contributed by atoms with van der Waals surface area (Å²) in [4.78, 5) is 0. The lowest BCUT2D eigenvalue weighted by Crippen LogP contribution is -1.86. The Hall–Kier alpha value is -0.520. The van der Waals surface area contributed by atoms with Crippen molar-refractivity contribution in [1.29, 1.82) is 0 Å². The molecule has 0 heteroatoms. The fraction of sp³-hybridized carbons (Fsp3) is 0.556. The molecule has 0 heterocycles. The lowest BCUT2D eigenvalue weighted by Gasteiger charge is -2.00. The highest BCUT2D eigenvalue weighted by molar-refractivity contribution is 4.97. The topological polar surface area (TPSA) is 0 Å². The molecule has 0 saturated heterocycles. The van der Waals surface area contributed by atoms with E-state index < -0.39 is 0 Å². The van der Waals surface area contributed by atoms with Crippen molar-refractivity contribution >= 4 is 0 Å². The average Bonchev–Trinajstić information content (AvgIpc) is 1.63. The van der Waals surface area contributed by atoms with Crippen LogP contribution >= 0.6 is 0 Å². The third-order valence-corrected chi connectivity index (χ3v) is 1.16. The highest BCUT2D eigenvalue weighted by Crippen LogP contribution is 2.06. The summed E-state index contributed by atoms with van der Waals surface area (Å²) in [7, 11) is 0. The maximum absolute atomic E-state index is 3.68. The third-order valence-electron chi connectivity index (χ3n) is 1.16. The van der Waals surface area contributed by atoms with Crippen LogP contribution in [0.4, 0.5) is 0 Å². The van der Waals surface area contributed by atoms with Gasteiger partial charge in [-0.2, -0.15) is 0 Å². The number of allylic oxidation sites excluding steroid dienone is 3. The molecular weight excluding hydrogens is 108 g/mol. The van der Waals surface area contributed by atoms with E-state index in [0.29, 0.717) is 5.92 Å². The molecule has 0 aromatic rings. The molecule has 1 atom stereocenters. The van der Waals surface area contributed by atoms with E-state index in [1.54, 1.807) is 0 Å². The zero-order chi connectivity index (χ0) is 7.28. The van der Waals surface area contributed by atoms with E-state index in [0.717, 1.165) is 6.42 Å². The van der Waals surface area contributed by atoms with Gasteiger partial charge in [0, 0.05) is 0 Å². The van der Waals surface area contributed by atoms with E-state index in [1.807, 2.05) is 6.08 Å². The van der Waals surface area contributed by atoms with Crippen molar-refractivity contribution in [2.24, 2.45) is 5.92 Å². The molecule has 0 amide bonds. The van der Waals surface area contributed by atoms with Gasteiger partial charge in [-0.1, -0.05) is 24.6 Å². The fourth-order valence-corrected chi connectivity index (χ4v) is 0.900. The normalized spacial score (nSPS) is 12.3. The van der Waals surface area contributed by atoms with Crippen LogP contribution in [-0.4, -0.2) is 0 Å². The maximum atomic E-state index is 3.68. The summed E-state index contributed by atoms with van der Waals surface area (Å²) >= 11 is 0. The lowest BCUT2D eigenvalue weighted by atomic mass is 10.1. The van der Waals surface area contributed by atoms with Gasteiger partial charge in [-0.3, -0.25) is 0 Å². The molecule has 1 unspecified atom stereocenters. The van der Waals surface area contributed by atoms with Crippen molar-refractivity contribution < 1.29 is 0 Å². The minimum Gasteiger partial charge on any atom is -0.103 e. The van der Waals surface area contributed by atoms with Crippen molar-refractivity contribution in [2.45, 2.75) is 27.2 Å². The number of rotatable bonds is 3. The van der Waals surface area contributed by atoms with E-state index in [-0.39, 0.29) is 0 Å². The van der Waals surface area contributed by atoms with Crippen LogP contribution in [0.3, 0.4) is 0 Å². The molecule has 0 bridgehead atoms. The number of hydrogen-bond donors (Lipinski definition) is 0. The molecule has 52 valence electrons. The molecule has 0 aliphatic carbocycles. The molecule has 0 N–H and O–H groups in total. The largest absolute Gasteiger partial charge is 0.103 e. The van der Waals surface area contributed by atoms with Gasteiger partial charge in [-0.05, 0) is 26.2 Å². The standard InChI is InChI=1S/C9H16/c1-5-6-9(4)7-8(2)3/h5,7,9H,1,6H2,2-4H3. The molecule has 0 aromatic heterocycles. The monoisotopic (exact) mass is 124 g/mol. The van der Waals surface area contributed by atoms with Gasteiger partial charge in [0.05, 0.1) is 0 Å². The molecule has 9 heavy (non-hydrogen) atoms. The maximum Gasteiger partial charge on any atom is -0.0225 e. The van der Waals surface area contributed by atoms with Crippen LogP contribution in [-0.2, 0) is 0 Å². The van der Waals surface area contributed by atoms with Crippen LogP contribution in [0.2, 0.25) is 0 Å². The van der Waals surface area contributed by atoms with Gasteiger partial charge in [-0.25, -0.2) is 0 Å². The minimum atomic E-state index is 0.660. The minimum absolute atomic E-state index is 0.660. The van der Waals surface area contributed by atoms with E-state index in [2.05, 4.69) is 33.4 Å². The molecule has 0 aliphatic rings. The summed E-state index contributed by atoms with van der Waals surface area (Å²) in [6, 6.07) is 0. The highest BCUT2D eigenvalue weighted by atomic mass is 14.0. The SMILES string of the molecule is C=CCC(C)C=C(C)C. The summed E-state index contributed by atoms with van der Waals surface area (Å²) in [5.41, 5.74) is 1.39. The molecule has 0 rings (SSSR count). The van der Waals surface area contributed by atoms with Crippen molar-refractivity contribution in [3.05, 3.63) is 24.3 Å². The van der Waals surface area contributed by atoms with Crippen LogP contribution in [0, 0.1) is 5.92 Å². The summed E-state index contributed by atoms with van der Waals surface area (Å²) in [6.07, 6.45) is 5.32. The second-order valence-corrected chi connectivity index (χ2v) is 2.75. The molecule has 0 aliphatic heterocycles. The van der Waals surface area contributed by atoms with Gasteiger partial charge in [0.2, 0.25) is 0 Å². The first kappa shape index (κ1) is 8.48. The van der Waals surface area contributed by atoms with E-state index in [1.165, 1.54) is 5.57 Å². The van der Waals surface area contributed by atoms with Gasteiger partial charge >= 0.3 is 0 Å². The van der Waals surface area contributed by atoms with Crippen LogP contribution in [0.5, 0.6) is 0 Å². The molecule has 0 nitrogen and oxygen atoms in total. The molecule has 0 radical (unpaired) electrons. The smallest absolute Gasteiger partial charge is 0.0225 e. The fourth-order valence-electron chi connectivity index (χ4n) is 0.900. The van der Waals surface area contributed by atoms with E-state index in [4.69, 9.17) is 0 Å². The first-order chi connectivity index (χ1) is 4.16. The Morgan fingerprint density at radius 1 is 1.56 bits per heavy atom. The Morgan fingerprint density at radius 3 is 2.44 bits per heavy atom. The highest BCUT2D eigenvalue weighted by Gasteiger charge is 1.91. The van der Waals surface area contributed by atoms with Crippen molar-refractivity contribution in [3.8, 4) is 0 Å². The Bertz CT molecular complexity index is 105. The molecule has 0 aromatic carbocycles. The zero-order valence-corrected chi connectivity index (χ0v) is 6.65. The lowest BCUT2D eigenvalue weighted by molar-refractivity contribution is 0.738. The summed E-state index contributed by atoms with van der Waals surface area (Å²) < 4.78 is 0. The van der Waals surface area contributed by atoms with Crippen LogP contribution in [0.15, 0.2) is 24.3 Å². The van der Waals surface area contributed by atoms with Crippen molar-refractivity contribution in [2.75, 3.05) is 0 Å². The first-order valence-corrected chi connectivity index (χ1v) is 3.42. The molecule has 0 fully saturated rings. The third kappa shape index (κ3) is 5.35. The zero-order valence-electron chi connectivity index (χ0n) is 6.65. The Morgan fingerprint density at radius 2 is 2.11 bits per heavy atom. The van der Waals surface area contributed by atoms with Gasteiger partial charge in [0.15, 0.2) is 0 Å². The van der Waals surface area contributed by atoms with Gasteiger partial charge < -0.3 is 0 Å². The predicted octanol–water partition coefficient (Wildman–Crippen LogP) is 3.16. The van der Waals surface area contributed by atoms with Gasteiger partial charge in [0.1, 0.15) is 0 Å². The van der Waals surface area contributed by atoms with Crippen LogP contribution in [0.25, 0.3) is 0 Å². The van der Waals surface area contributed by atoms with Crippen LogP contribution in [0.1, 0.15) is 27.2 Å². The summed E-state index contributed by atoms with van der Waals surface area (Å²) in [5.74, 6) is 0.660. The van der Waals surface area contributed by atoms with E-state index >= 15 is 0 Å². The van der Waals surface area contributed by atoms with Crippen molar-refractivity contribution in [1.82, 2.24) is 0 Å². The quantitative estimate of drug-likeness (QED) is 0.507. The Labute approximate surface area is 58.3 Å². The Balaban J connectivity index is 3.61. The first-order valence-electron chi connectivity index (χ1n) is 3.42. The van der Waals surface area contributed by atoms with Crippen molar-refractivity contribution in [3.63, 3.8) is 0 Å². The molecule has 0 saturated carbocycles. The second kappa shape index (κ2) is 4.37. The van der Waals surface area contributed by atoms with Crippen LogP contribution < -0.4 is 0 Å². The summed E-state index contributed by atoms with van der Waals surface area (Å²) in [6.45, 7) is 10.1. The molecular formula is C9H16. The Kier molecular flexibility index (Phi) is 4.12. The van der Waals surface area contributed by atoms with Gasteiger partial charge in [0.25, 0.3) is 0 Å². The average molecular weight is 124 g/mol. The number of hydrogen-bond acceptors (Lipinski definition) is 0. The predicted molar refractivity (Wildman–Crippen MR) is 43.4 cm³/mol. The van der Waals surface area contributed by atoms with Gasteiger partial charge in [-0.15, -0.1) is 6.58 Å². The second-order valence-electron chi connectivity index (χ2n) is 2.75.